The number of ether oxygens (including phenoxy) is 3. The Morgan fingerprint density at radius 3 is 1.27 bits per heavy atom. The van der Waals surface area contributed by atoms with Gasteiger partial charge in [0.25, 0.3) is 0 Å². The summed E-state index contributed by atoms with van der Waals surface area (Å²) in [4.78, 5) is 37.7. The highest BCUT2D eigenvalue weighted by Crippen LogP contribution is 2.12. The van der Waals surface area contributed by atoms with Crippen LogP contribution in [0.25, 0.3) is 0 Å². The quantitative estimate of drug-likeness (QED) is 0.0204. The van der Waals surface area contributed by atoms with Crippen molar-refractivity contribution in [3.05, 3.63) is 72.9 Å². The number of hydrogen-bond donors (Lipinski definition) is 0. The molecule has 6 heteroatoms. The van der Waals surface area contributed by atoms with Gasteiger partial charge < -0.3 is 14.2 Å². The van der Waals surface area contributed by atoms with E-state index in [9.17, 15) is 14.4 Å². The third kappa shape index (κ3) is 41.8. The third-order valence-electron chi connectivity index (χ3n) is 9.25. The minimum absolute atomic E-state index is 0.0995. The molecule has 0 aromatic carbocycles. The first-order valence-electron chi connectivity index (χ1n) is 22.5. The van der Waals surface area contributed by atoms with E-state index in [0.29, 0.717) is 25.7 Å². The third-order valence-corrected chi connectivity index (χ3v) is 9.25. The number of esters is 3. The average molecular weight is 767 g/mol. The van der Waals surface area contributed by atoms with Gasteiger partial charge in [-0.3, -0.25) is 14.4 Å². The van der Waals surface area contributed by atoms with Gasteiger partial charge in [0.1, 0.15) is 13.2 Å². The lowest BCUT2D eigenvalue weighted by Gasteiger charge is -2.18. The Morgan fingerprint density at radius 2 is 0.745 bits per heavy atom. The van der Waals surface area contributed by atoms with Crippen LogP contribution in [0, 0.1) is 0 Å². The molecule has 314 valence electrons. The molecule has 0 N–H and O–H groups in total. The lowest BCUT2D eigenvalue weighted by atomic mass is 10.1. The Bertz CT molecular complexity index is 1070. The minimum Gasteiger partial charge on any atom is -0.462 e. The zero-order chi connectivity index (χ0) is 40.1. The van der Waals surface area contributed by atoms with Crippen molar-refractivity contribution in [2.24, 2.45) is 0 Å². The van der Waals surface area contributed by atoms with E-state index >= 15 is 0 Å². The summed E-state index contributed by atoms with van der Waals surface area (Å²) >= 11 is 0. The van der Waals surface area contributed by atoms with Gasteiger partial charge in [-0.25, -0.2) is 0 Å². The number of unbranched alkanes of at least 4 members (excludes halogenated alkanes) is 19. The SMILES string of the molecule is CC\C=C/C=C\C=C/CCCCCCCC(=O)OC(COC(=O)CCC/C=C\CCCCCC)COC(=O)CCCCCCCC/C=C\C=C/CCCCC. The van der Waals surface area contributed by atoms with Crippen molar-refractivity contribution in [2.45, 2.75) is 207 Å². The fraction of sp³-hybridized carbons (Fsp3) is 0.694. The minimum atomic E-state index is -0.799. The van der Waals surface area contributed by atoms with Gasteiger partial charge in [-0.05, 0) is 83.5 Å². The molecular formula is C49H82O6. The second-order valence-electron chi connectivity index (χ2n) is 14.7. The molecule has 0 heterocycles. The molecule has 1 atom stereocenters. The standard InChI is InChI=1S/C49H82O6/c1-4-7-10-13-16-19-21-23-24-26-27-30-33-36-39-42-48(51)54-45-46(44-53-47(50)41-38-35-32-29-18-15-12-9-6-3)55-49(52)43-40-37-34-31-28-25-22-20-17-14-11-8-5-2/h8,11,14,16-17,19-23,29,32,46H,4-7,9-10,12-13,15,18,24-28,30-31,33-45H2,1-3H3/b11-8-,17-14-,19-16-,22-20-,23-21-,32-29-. The molecule has 0 aromatic rings. The van der Waals surface area contributed by atoms with Crippen LogP contribution in [0.3, 0.4) is 0 Å². The Hall–Kier alpha value is -3.15. The molecule has 0 spiro atoms. The van der Waals surface area contributed by atoms with Crippen molar-refractivity contribution in [3.63, 3.8) is 0 Å². The van der Waals surface area contributed by atoms with Gasteiger partial charge in [0.2, 0.25) is 0 Å². The van der Waals surface area contributed by atoms with Gasteiger partial charge in [-0.1, -0.05) is 171 Å². The van der Waals surface area contributed by atoms with Gasteiger partial charge in [-0.2, -0.15) is 0 Å². The van der Waals surface area contributed by atoms with Crippen molar-refractivity contribution in [3.8, 4) is 0 Å². The highest BCUT2D eigenvalue weighted by atomic mass is 16.6. The Labute approximate surface area is 338 Å². The summed E-state index contributed by atoms with van der Waals surface area (Å²) in [6.07, 6.45) is 53.2. The van der Waals surface area contributed by atoms with Crippen LogP contribution in [-0.2, 0) is 28.6 Å². The van der Waals surface area contributed by atoms with E-state index in [0.717, 1.165) is 83.5 Å². The molecule has 55 heavy (non-hydrogen) atoms. The molecular weight excluding hydrogens is 685 g/mol. The van der Waals surface area contributed by atoms with Crippen LogP contribution in [0.15, 0.2) is 72.9 Å². The second-order valence-corrected chi connectivity index (χ2v) is 14.7. The van der Waals surface area contributed by atoms with Crippen molar-refractivity contribution < 1.29 is 28.6 Å². The molecule has 0 fully saturated rings. The van der Waals surface area contributed by atoms with Crippen molar-refractivity contribution >= 4 is 17.9 Å². The van der Waals surface area contributed by atoms with Crippen LogP contribution in [0.5, 0.6) is 0 Å². The number of rotatable bonds is 39. The van der Waals surface area contributed by atoms with E-state index in [4.69, 9.17) is 14.2 Å². The molecule has 0 saturated heterocycles. The van der Waals surface area contributed by atoms with E-state index < -0.39 is 6.10 Å². The summed E-state index contributed by atoms with van der Waals surface area (Å²) in [6, 6.07) is 0. The monoisotopic (exact) mass is 767 g/mol. The Kier molecular flexibility index (Phi) is 41.1. The predicted molar refractivity (Wildman–Crippen MR) is 233 cm³/mol. The van der Waals surface area contributed by atoms with Crippen molar-refractivity contribution in [2.75, 3.05) is 13.2 Å². The highest BCUT2D eigenvalue weighted by Gasteiger charge is 2.19. The van der Waals surface area contributed by atoms with E-state index in [2.05, 4.69) is 87.6 Å². The molecule has 1 unspecified atom stereocenters. The maximum atomic E-state index is 12.7. The smallest absolute Gasteiger partial charge is 0.306 e. The number of hydrogen-bond acceptors (Lipinski definition) is 6. The largest absolute Gasteiger partial charge is 0.462 e. The van der Waals surface area contributed by atoms with Gasteiger partial charge in [0.15, 0.2) is 6.10 Å². The van der Waals surface area contributed by atoms with Gasteiger partial charge >= 0.3 is 17.9 Å². The molecule has 0 aliphatic rings. The zero-order valence-corrected chi connectivity index (χ0v) is 35.7. The molecule has 0 aliphatic carbocycles. The zero-order valence-electron chi connectivity index (χ0n) is 35.7. The first kappa shape index (κ1) is 51.9. The first-order valence-corrected chi connectivity index (χ1v) is 22.5. The molecule has 0 aliphatic heterocycles. The van der Waals surface area contributed by atoms with Gasteiger partial charge in [0.05, 0.1) is 0 Å². The summed E-state index contributed by atoms with van der Waals surface area (Å²) in [5.74, 6) is -0.975. The maximum Gasteiger partial charge on any atom is 0.306 e. The molecule has 0 radical (unpaired) electrons. The fourth-order valence-corrected chi connectivity index (χ4v) is 5.85. The van der Waals surface area contributed by atoms with Crippen LogP contribution < -0.4 is 0 Å². The second kappa shape index (κ2) is 43.6. The number of allylic oxidation sites excluding steroid dienone is 12. The normalized spacial score (nSPS) is 12.7. The first-order chi connectivity index (χ1) is 27.0. The fourth-order valence-electron chi connectivity index (χ4n) is 5.85. The molecule has 0 saturated carbocycles. The van der Waals surface area contributed by atoms with E-state index in [1.807, 2.05) is 6.08 Å². The molecule has 0 bridgehead atoms. The van der Waals surface area contributed by atoms with Crippen LogP contribution in [0.1, 0.15) is 201 Å². The van der Waals surface area contributed by atoms with Crippen LogP contribution in [0.4, 0.5) is 0 Å². The van der Waals surface area contributed by atoms with Gasteiger partial charge in [-0.15, -0.1) is 0 Å². The topological polar surface area (TPSA) is 78.9 Å². The maximum absolute atomic E-state index is 12.7. The summed E-state index contributed by atoms with van der Waals surface area (Å²) in [5, 5.41) is 0. The number of carbonyl (C=O) groups is 3. The van der Waals surface area contributed by atoms with Crippen LogP contribution in [0.2, 0.25) is 0 Å². The van der Waals surface area contributed by atoms with E-state index in [1.54, 1.807) is 0 Å². The lowest BCUT2D eigenvalue weighted by molar-refractivity contribution is -0.167. The molecule has 0 aromatic heterocycles. The van der Waals surface area contributed by atoms with Crippen LogP contribution >= 0.6 is 0 Å². The van der Waals surface area contributed by atoms with E-state index in [1.165, 1.54) is 70.6 Å². The Balaban J connectivity index is 4.44. The molecule has 0 rings (SSSR count). The van der Waals surface area contributed by atoms with Crippen molar-refractivity contribution in [1.29, 1.82) is 0 Å². The van der Waals surface area contributed by atoms with E-state index in [-0.39, 0.29) is 31.1 Å². The van der Waals surface area contributed by atoms with Gasteiger partial charge in [0, 0.05) is 19.3 Å². The lowest BCUT2D eigenvalue weighted by Crippen LogP contribution is -2.30. The number of carbonyl (C=O) groups excluding carboxylic acids is 3. The summed E-state index contributed by atoms with van der Waals surface area (Å²) in [7, 11) is 0. The van der Waals surface area contributed by atoms with Crippen LogP contribution in [-0.4, -0.2) is 37.2 Å². The summed E-state index contributed by atoms with van der Waals surface area (Å²) in [6.45, 7) is 6.36. The average Bonchev–Trinajstić information content (AvgIpc) is 3.18. The summed E-state index contributed by atoms with van der Waals surface area (Å²) < 4.78 is 16.6. The summed E-state index contributed by atoms with van der Waals surface area (Å²) in [5.41, 5.74) is 0. The predicted octanol–water partition coefficient (Wildman–Crippen LogP) is 14.3. The molecule has 0 amide bonds. The molecule has 6 nitrogen and oxygen atoms in total. The highest BCUT2D eigenvalue weighted by molar-refractivity contribution is 5.71. The Morgan fingerprint density at radius 1 is 0.382 bits per heavy atom. The van der Waals surface area contributed by atoms with Crippen molar-refractivity contribution in [1.82, 2.24) is 0 Å².